The molecule has 180 valence electrons. The van der Waals surface area contributed by atoms with Gasteiger partial charge in [0.2, 0.25) is 0 Å². The number of nitrogens with zero attached hydrogens (tertiary/aromatic N) is 1. The topological polar surface area (TPSA) is 39.2 Å². The molecule has 0 aliphatic rings. The highest BCUT2D eigenvalue weighted by molar-refractivity contribution is 5.91. The maximum Gasteiger partial charge on any atom is 0.346 e. The summed E-state index contributed by atoms with van der Waals surface area (Å²) >= 11 is 0. The number of aryl methyl sites for hydroxylation is 2. The lowest BCUT2D eigenvalue weighted by Gasteiger charge is -2.08. The molecule has 0 atom stereocenters. The van der Waals surface area contributed by atoms with Crippen LogP contribution in [0.1, 0.15) is 86.7 Å². The average Bonchev–Trinajstić information content (AvgIpc) is 2.85. The van der Waals surface area contributed by atoms with Crippen LogP contribution in [0.3, 0.4) is 0 Å². The number of aromatic nitrogens is 1. The van der Waals surface area contributed by atoms with E-state index in [2.05, 4.69) is 24.9 Å². The Bertz CT molecular complexity index is 1030. The molecule has 34 heavy (non-hydrogen) atoms. The number of carbonyl (C=O) groups is 1. The number of unbranched alkanes of at least 4 members (excludes halogenated alkanes) is 6. The molecule has 1 aromatic heterocycles. The van der Waals surface area contributed by atoms with Crippen molar-refractivity contribution in [3.8, 4) is 17.0 Å². The van der Waals surface area contributed by atoms with Crippen LogP contribution >= 0.6 is 0 Å². The fraction of sp³-hybridized carbons (Fsp3) is 0.400. The number of ether oxygens (including phenoxy) is 1. The lowest BCUT2D eigenvalue weighted by Crippen LogP contribution is -2.11. The van der Waals surface area contributed by atoms with Crippen LogP contribution in [-0.4, -0.2) is 11.0 Å². The first-order valence-electron chi connectivity index (χ1n) is 12.7. The summed E-state index contributed by atoms with van der Waals surface area (Å²) in [6.07, 6.45) is 13.3. The Balaban J connectivity index is 1.54. The van der Waals surface area contributed by atoms with Crippen molar-refractivity contribution in [3.63, 3.8) is 0 Å². The van der Waals surface area contributed by atoms with E-state index < -0.39 is 11.8 Å². The molecule has 0 aliphatic carbocycles. The Morgan fingerprint density at radius 3 is 2.15 bits per heavy atom. The summed E-state index contributed by atoms with van der Waals surface area (Å²) in [5.41, 5.74) is 3.91. The van der Waals surface area contributed by atoms with E-state index in [1.807, 2.05) is 30.5 Å². The molecule has 3 aromatic rings. The van der Waals surface area contributed by atoms with Crippen LogP contribution < -0.4 is 4.74 Å². The summed E-state index contributed by atoms with van der Waals surface area (Å²) in [5, 5.41) is 0. The second-order valence-corrected chi connectivity index (χ2v) is 8.90. The van der Waals surface area contributed by atoms with Gasteiger partial charge >= 0.3 is 5.97 Å². The molecule has 0 amide bonds. The predicted molar refractivity (Wildman–Crippen MR) is 137 cm³/mol. The molecule has 3 nitrogen and oxygen atoms in total. The van der Waals surface area contributed by atoms with E-state index in [9.17, 15) is 9.18 Å². The van der Waals surface area contributed by atoms with Crippen molar-refractivity contribution in [2.45, 2.75) is 78.1 Å². The molecule has 2 aromatic carbocycles. The maximum absolute atomic E-state index is 14.6. The minimum Gasteiger partial charge on any atom is -0.423 e. The summed E-state index contributed by atoms with van der Waals surface area (Å²) in [4.78, 5) is 17.1. The Labute approximate surface area is 203 Å². The minimum absolute atomic E-state index is 0.0416. The average molecular weight is 462 g/mol. The van der Waals surface area contributed by atoms with Crippen LogP contribution in [0.15, 0.2) is 60.8 Å². The van der Waals surface area contributed by atoms with Gasteiger partial charge in [-0.15, -0.1) is 0 Å². The molecule has 0 saturated heterocycles. The molecule has 0 aliphatic heterocycles. The third-order valence-electron chi connectivity index (χ3n) is 6.08. The normalized spacial score (nSPS) is 10.9. The molecule has 0 N–H and O–H groups in total. The van der Waals surface area contributed by atoms with E-state index in [1.165, 1.54) is 43.4 Å². The van der Waals surface area contributed by atoms with Crippen LogP contribution in [0.25, 0.3) is 11.3 Å². The number of carbonyl (C=O) groups excluding carboxylic acids is 1. The van der Waals surface area contributed by atoms with Gasteiger partial charge in [-0.3, -0.25) is 4.98 Å². The largest absolute Gasteiger partial charge is 0.423 e. The lowest BCUT2D eigenvalue weighted by molar-refractivity contribution is 0.0730. The van der Waals surface area contributed by atoms with Crippen LogP contribution in [0.5, 0.6) is 5.75 Å². The fourth-order valence-electron chi connectivity index (χ4n) is 3.97. The van der Waals surface area contributed by atoms with E-state index in [0.717, 1.165) is 55.3 Å². The Morgan fingerprint density at radius 2 is 1.47 bits per heavy atom. The molecular weight excluding hydrogens is 425 g/mol. The van der Waals surface area contributed by atoms with Gasteiger partial charge in [0, 0.05) is 11.8 Å². The third kappa shape index (κ3) is 7.79. The van der Waals surface area contributed by atoms with Crippen molar-refractivity contribution in [1.82, 2.24) is 4.98 Å². The van der Waals surface area contributed by atoms with Crippen molar-refractivity contribution in [1.29, 1.82) is 0 Å². The van der Waals surface area contributed by atoms with E-state index in [0.29, 0.717) is 5.75 Å². The maximum atomic E-state index is 14.6. The number of pyridine rings is 1. The minimum atomic E-state index is -0.685. The second kappa shape index (κ2) is 13.6. The van der Waals surface area contributed by atoms with Gasteiger partial charge in [0.1, 0.15) is 11.6 Å². The van der Waals surface area contributed by atoms with E-state index in [1.54, 1.807) is 12.1 Å². The number of hydrogen-bond acceptors (Lipinski definition) is 3. The van der Waals surface area contributed by atoms with Crippen LogP contribution in [0.4, 0.5) is 4.39 Å². The van der Waals surface area contributed by atoms with E-state index >= 15 is 0 Å². The zero-order valence-electron chi connectivity index (χ0n) is 20.5. The van der Waals surface area contributed by atoms with Crippen molar-refractivity contribution < 1.29 is 13.9 Å². The van der Waals surface area contributed by atoms with Crippen LogP contribution in [0, 0.1) is 5.82 Å². The van der Waals surface area contributed by atoms with Gasteiger partial charge in [-0.2, -0.15) is 0 Å². The summed E-state index contributed by atoms with van der Waals surface area (Å²) in [6.45, 7) is 4.38. The highest BCUT2D eigenvalue weighted by atomic mass is 19.1. The van der Waals surface area contributed by atoms with Gasteiger partial charge in [-0.1, -0.05) is 64.5 Å². The molecule has 0 saturated carbocycles. The molecule has 0 radical (unpaired) electrons. The smallest absolute Gasteiger partial charge is 0.346 e. The second-order valence-electron chi connectivity index (χ2n) is 8.90. The van der Waals surface area contributed by atoms with Crippen molar-refractivity contribution >= 4 is 5.97 Å². The van der Waals surface area contributed by atoms with Gasteiger partial charge in [0.05, 0.1) is 11.3 Å². The molecule has 0 unspecified atom stereocenters. The SMILES string of the molecule is CCCCCCCCc1ccc(C(=O)Oc2ccc(-c3ccc(CCCC)cn3)cc2)c(F)c1. The first-order valence-corrected chi connectivity index (χ1v) is 12.7. The molecule has 3 rings (SSSR count). The summed E-state index contributed by atoms with van der Waals surface area (Å²) in [6, 6.07) is 16.1. The van der Waals surface area contributed by atoms with Gasteiger partial charge in [-0.05, 0) is 79.3 Å². The number of halogens is 1. The standard InChI is InChI=1S/C30H36FNO2/c1-3-5-7-8-9-10-12-23-13-19-27(28(31)21-23)30(33)34-26-17-15-25(16-18-26)29-20-14-24(22-32-29)11-6-4-2/h13-22H,3-12H2,1-2H3. The van der Waals surface area contributed by atoms with Crippen LogP contribution in [0.2, 0.25) is 0 Å². The Kier molecular flexibility index (Phi) is 10.3. The third-order valence-corrected chi connectivity index (χ3v) is 6.08. The number of esters is 1. The van der Waals surface area contributed by atoms with Crippen molar-refractivity contribution in [3.05, 3.63) is 83.3 Å². The van der Waals surface area contributed by atoms with Crippen molar-refractivity contribution in [2.24, 2.45) is 0 Å². The molecule has 0 spiro atoms. The number of benzene rings is 2. The highest BCUT2D eigenvalue weighted by Crippen LogP contribution is 2.23. The molecule has 1 heterocycles. The highest BCUT2D eigenvalue weighted by Gasteiger charge is 2.15. The number of rotatable bonds is 13. The zero-order chi connectivity index (χ0) is 24.2. The molecule has 4 heteroatoms. The first-order chi connectivity index (χ1) is 16.6. The van der Waals surface area contributed by atoms with Gasteiger partial charge < -0.3 is 4.74 Å². The lowest BCUT2D eigenvalue weighted by atomic mass is 10.0. The van der Waals surface area contributed by atoms with Crippen LogP contribution in [-0.2, 0) is 12.8 Å². The summed E-state index contributed by atoms with van der Waals surface area (Å²) < 4.78 is 20.0. The summed E-state index contributed by atoms with van der Waals surface area (Å²) in [5.74, 6) is -0.837. The molecular formula is C30H36FNO2. The molecule has 0 fully saturated rings. The van der Waals surface area contributed by atoms with Crippen molar-refractivity contribution in [2.75, 3.05) is 0 Å². The fourth-order valence-corrected chi connectivity index (χ4v) is 3.97. The molecule has 0 bridgehead atoms. The summed E-state index contributed by atoms with van der Waals surface area (Å²) in [7, 11) is 0. The van der Waals surface area contributed by atoms with Gasteiger partial charge in [-0.25, -0.2) is 9.18 Å². The van der Waals surface area contributed by atoms with Gasteiger partial charge in [0.25, 0.3) is 0 Å². The zero-order valence-corrected chi connectivity index (χ0v) is 20.5. The van der Waals surface area contributed by atoms with E-state index in [4.69, 9.17) is 4.74 Å². The quantitative estimate of drug-likeness (QED) is 0.146. The van der Waals surface area contributed by atoms with Gasteiger partial charge in [0.15, 0.2) is 0 Å². The number of hydrogen-bond donors (Lipinski definition) is 0. The first kappa shape index (κ1) is 25.6. The Morgan fingerprint density at radius 1 is 0.794 bits per heavy atom. The van der Waals surface area contributed by atoms with E-state index in [-0.39, 0.29) is 5.56 Å². The monoisotopic (exact) mass is 461 g/mol. The predicted octanol–water partition coefficient (Wildman–Crippen LogP) is 8.35. The Hall–Kier alpha value is -3.01.